The minimum absolute atomic E-state index is 0.186. The Morgan fingerprint density at radius 2 is 2.07 bits per heavy atom. The van der Waals surface area contributed by atoms with Crippen LogP contribution in [0.1, 0.15) is 31.7 Å². The van der Waals surface area contributed by atoms with Crippen molar-refractivity contribution >= 4 is 22.0 Å². The monoisotopic (exact) mass is 404 g/mol. The second-order valence-corrected chi connectivity index (χ2v) is 8.39. The number of rotatable bonds is 3. The number of imidazole rings is 1. The summed E-state index contributed by atoms with van der Waals surface area (Å²) in [5.41, 5.74) is 2.98. The Bertz CT molecular complexity index is 1300. The van der Waals surface area contributed by atoms with Crippen molar-refractivity contribution in [1.82, 2.24) is 9.55 Å². The van der Waals surface area contributed by atoms with E-state index >= 15 is 0 Å². The molecule has 6 nitrogen and oxygen atoms in total. The summed E-state index contributed by atoms with van der Waals surface area (Å²) in [7, 11) is 1.90. The van der Waals surface area contributed by atoms with Crippen molar-refractivity contribution in [3.05, 3.63) is 58.4 Å². The van der Waals surface area contributed by atoms with Gasteiger partial charge in [-0.3, -0.25) is 0 Å². The van der Waals surface area contributed by atoms with Gasteiger partial charge < -0.3 is 19.0 Å². The number of aromatic nitrogens is 2. The molecule has 1 aliphatic rings. The summed E-state index contributed by atoms with van der Waals surface area (Å²) in [6.07, 6.45) is 3.62. The van der Waals surface area contributed by atoms with Crippen LogP contribution in [0.25, 0.3) is 33.4 Å². The highest BCUT2D eigenvalue weighted by molar-refractivity contribution is 5.86. The van der Waals surface area contributed by atoms with Gasteiger partial charge in [0, 0.05) is 12.4 Å². The molecule has 2 aromatic heterocycles. The van der Waals surface area contributed by atoms with Gasteiger partial charge in [0.2, 0.25) is 0 Å². The smallest absolute Gasteiger partial charge is 0.347 e. The Kier molecular flexibility index (Phi) is 4.59. The molecule has 2 aromatic carbocycles. The molecule has 1 aliphatic heterocycles. The van der Waals surface area contributed by atoms with Crippen molar-refractivity contribution in [2.45, 2.75) is 38.8 Å². The van der Waals surface area contributed by atoms with Crippen LogP contribution in [0.4, 0.5) is 0 Å². The van der Waals surface area contributed by atoms with Gasteiger partial charge in [0.25, 0.3) is 0 Å². The maximum atomic E-state index is 13.0. The fraction of sp³-hybridized carbons (Fsp3) is 0.333. The molecule has 5 rings (SSSR count). The predicted molar refractivity (Wildman–Crippen MR) is 117 cm³/mol. The Balaban J connectivity index is 1.63. The van der Waals surface area contributed by atoms with Gasteiger partial charge in [-0.1, -0.05) is 12.1 Å². The molecule has 1 fully saturated rings. The Morgan fingerprint density at radius 1 is 1.23 bits per heavy atom. The van der Waals surface area contributed by atoms with Crippen LogP contribution in [0.3, 0.4) is 0 Å². The highest BCUT2D eigenvalue weighted by atomic mass is 16.4. The van der Waals surface area contributed by atoms with Gasteiger partial charge in [0.15, 0.2) is 5.58 Å². The number of para-hydroxylation sites is 2. The fourth-order valence-electron chi connectivity index (χ4n) is 4.69. The van der Waals surface area contributed by atoms with Crippen LogP contribution >= 0.6 is 0 Å². The van der Waals surface area contributed by atoms with E-state index in [1.165, 1.54) is 24.2 Å². The standard InChI is InChI=1S/C24H25N3O3/c1-15-7-5-6-12-27(15)14-18-21(28)11-10-16-13-17(24(29)30-22(16)18)23-25-19-8-3-4-9-20(19)26(23)2/h3-4,8-11,13,15,28H,5-7,12,14H2,1-2H3/p+1/t15-/m0/s1. The third-order valence-electron chi connectivity index (χ3n) is 6.49. The number of nitrogens with one attached hydrogen (secondary N) is 1. The van der Waals surface area contributed by atoms with E-state index in [0.717, 1.165) is 23.0 Å². The first-order valence-electron chi connectivity index (χ1n) is 10.6. The van der Waals surface area contributed by atoms with Gasteiger partial charge in [0.1, 0.15) is 23.7 Å². The molecule has 1 unspecified atom stereocenters. The number of aromatic hydroxyl groups is 1. The molecule has 3 heterocycles. The molecular formula is C24H26N3O3+. The van der Waals surface area contributed by atoms with Crippen molar-refractivity contribution in [3.8, 4) is 17.1 Å². The van der Waals surface area contributed by atoms with Crippen molar-refractivity contribution in [2.24, 2.45) is 7.05 Å². The molecule has 0 radical (unpaired) electrons. The molecule has 30 heavy (non-hydrogen) atoms. The molecule has 6 heteroatoms. The number of hydrogen-bond acceptors (Lipinski definition) is 4. The van der Waals surface area contributed by atoms with Gasteiger partial charge in [0.05, 0.1) is 29.2 Å². The lowest BCUT2D eigenvalue weighted by Crippen LogP contribution is -3.14. The Morgan fingerprint density at radius 3 is 2.87 bits per heavy atom. The van der Waals surface area contributed by atoms with E-state index in [0.29, 0.717) is 35.1 Å². The summed E-state index contributed by atoms with van der Waals surface area (Å²) < 4.78 is 7.72. The predicted octanol–water partition coefficient (Wildman–Crippen LogP) is 3.01. The van der Waals surface area contributed by atoms with Crippen LogP contribution in [0, 0.1) is 0 Å². The summed E-state index contributed by atoms with van der Waals surface area (Å²) in [4.78, 5) is 19.0. The molecule has 0 spiro atoms. The molecule has 2 atom stereocenters. The maximum absolute atomic E-state index is 13.0. The molecule has 154 valence electrons. The number of benzene rings is 2. The second kappa shape index (κ2) is 7.29. The number of phenolic OH excluding ortho intramolecular Hbond substituents is 1. The fourth-order valence-corrected chi connectivity index (χ4v) is 4.69. The number of aryl methyl sites for hydroxylation is 1. The molecule has 2 N–H and O–H groups in total. The zero-order valence-electron chi connectivity index (χ0n) is 17.3. The average molecular weight is 404 g/mol. The van der Waals surface area contributed by atoms with Crippen LogP contribution in [-0.4, -0.2) is 27.2 Å². The zero-order valence-corrected chi connectivity index (χ0v) is 17.3. The van der Waals surface area contributed by atoms with Crippen molar-refractivity contribution < 1.29 is 14.4 Å². The van der Waals surface area contributed by atoms with Crippen LogP contribution in [0.5, 0.6) is 5.75 Å². The van der Waals surface area contributed by atoms with Gasteiger partial charge in [-0.15, -0.1) is 0 Å². The lowest BCUT2D eigenvalue weighted by atomic mass is 10.0. The highest BCUT2D eigenvalue weighted by Gasteiger charge is 2.25. The quantitative estimate of drug-likeness (QED) is 0.515. The third kappa shape index (κ3) is 3.08. The number of hydrogen-bond donors (Lipinski definition) is 2. The first-order chi connectivity index (χ1) is 14.5. The molecule has 1 saturated heterocycles. The number of quaternary nitrogens is 1. The van der Waals surface area contributed by atoms with Crippen molar-refractivity contribution in [2.75, 3.05) is 6.54 Å². The van der Waals surface area contributed by atoms with Crippen molar-refractivity contribution in [1.29, 1.82) is 0 Å². The lowest BCUT2D eigenvalue weighted by Gasteiger charge is -2.30. The summed E-state index contributed by atoms with van der Waals surface area (Å²) in [6.45, 7) is 3.97. The van der Waals surface area contributed by atoms with Gasteiger partial charge in [-0.05, 0) is 56.5 Å². The summed E-state index contributed by atoms with van der Waals surface area (Å²) in [5, 5.41) is 11.3. The Labute approximate surface area is 174 Å². The number of likely N-dealkylation sites (tertiary alicyclic amines) is 1. The van der Waals surface area contributed by atoms with Gasteiger partial charge in [-0.25, -0.2) is 9.78 Å². The number of fused-ring (bicyclic) bond motifs is 2. The lowest BCUT2D eigenvalue weighted by molar-refractivity contribution is -0.941. The van der Waals surface area contributed by atoms with E-state index in [-0.39, 0.29) is 5.75 Å². The molecule has 0 saturated carbocycles. The SMILES string of the molecule is C[C@H]1CCCC[NH+]1Cc1c(O)ccc2cc(-c3nc4ccccc4n3C)c(=O)oc12. The van der Waals surface area contributed by atoms with Crippen LogP contribution in [-0.2, 0) is 13.6 Å². The summed E-state index contributed by atoms with van der Waals surface area (Å²) >= 11 is 0. The van der Waals surface area contributed by atoms with Crippen molar-refractivity contribution in [3.63, 3.8) is 0 Å². The molecular weight excluding hydrogens is 378 g/mol. The summed E-state index contributed by atoms with van der Waals surface area (Å²) in [5.74, 6) is 0.767. The Hall–Kier alpha value is -3.12. The zero-order chi connectivity index (χ0) is 20.8. The number of phenols is 1. The average Bonchev–Trinajstić information content (AvgIpc) is 3.08. The van der Waals surface area contributed by atoms with Crippen LogP contribution < -0.4 is 10.5 Å². The topological polar surface area (TPSA) is 72.7 Å². The molecule has 0 bridgehead atoms. The van der Waals surface area contributed by atoms with E-state index in [9.17, 15) is 9.90 Å². The third-order valence-corrected chi connectivity index (χ3v) is 6.49. The van der Waals surface area contributed by atoms with E-state index in [1.807, 2.05) is 41.9 Å². The van der Waals surface area contributed by atoms with E-state index < -0.39 is 5.63 Å². The van der Waals surface area contributed by atoms with E-state index in [4.69, 9.17) is 4.42 Å². The van der Waals surface area contributed by atoms with E-state index in [1.54, 1.807) is 12.1 Å². The minimum atomic E-state index is -0.436. The summed E-state index contributed by atoms with van der Waals surface area (Å²) in [6, 6.07) is 13.7. The first kappa shape index (κ1) is 18.9. The largest absolute Gasteiger partial charge is 0.507 e. The van der Waals surface area contributed by atoms with Crippen LogP contribution in [0.2, 0.25) is 0 Å². The van der Waals surface area contributed by atoms with E-state index in [2.05, 4.69) is 11.9 Å². The van der Waals surface area contributed by atoms with Crippen LogP contribution in [0.15, 0.2) is 51.7 Å². The normalized spacial score (nSPS) is 19.5. The number of nitrogens with zero attached hydrogens (tertiary/aromatic N) is 2. The molecule has 0 amide bonds. The first-order valence-corrected chi connectivity index (χ1v) is 10.6. The van der Waals surface area contributed by atoms with Gasteiger partial charge >= 0.3 is 5.63 Å². The highest BCUT2D eigenvalue weighted by Crippen LogP contribution is 2.29. The molecule has 0 aliphatic carbocycles. The second-order valence-electron chi connectivity index (χ2n) is 8.39. The molecule has 4 aromatic rings. The minimum Gasteiger partial charge on any atom is -0.507 e. The van der Waals surface area contributed by atoms with Gasteiger partial charge in [-0.2, -0.15) is 0 Å². The number of piperidine rings is 1. The maximum Gasteiger partial charge on any atom is 0.347 e.